The maximum Gasteiger partial charge on any atom is 0.110 e. The van der Waals surface area contributed by atoms with Crippen LogP contribution in [0.2, 0.25) is 0 Å². The normalized spacial score (nSPS) is 13.2. The predicted octanol–water partition coefficient (Wildman–Crippen LogP) is 3.59. The van der Waals surface area contributed by atoms with Crippen LogP contribution in [0.5, 0.6) is 0 Å². The second-order valence-electron chi connectivity index (χ2n) is 4.57. The molecular weight excluding hydrogens is 274 g/mol. The maximum atomic E-state index is 4.44. The van der Waals surface area contributed by atoms with Gasteiger partial charge in [0.1, 0.15) is 5.82 Å². The van der Waals surface area contributed by atoms with Crippen molar-refractivity contribution in [3.8, 4) is 0 Å². The first-order chi connectivity index (χ1) is 9.28. The number of rotatable bonds is 5. The first-order valence-corrected chi connectivity index (χ1v) is 8.14. The number of nitrogens with zero attached hydrogens (tertiary/aromatic N) is 2. The number of imidazole rings is 1. The Morgan fingerprint density at radius 2 is 2.32 bits per heavy atom. The quantitative estimate of drug-likeness (QED) is 0.778. The van der Waals surface area contributed by atoms with Crippen molar-refractivity contribution in [3.05, 3.63) is 40.6 Å². The van der Waals surface area contributed by atoms with E-state index in [9.17, 15) is 0 Å². The lowest BCUT2D eigenvalue weighted by atomic mass is 10.1. The van der Waals surface area contributed by atoms with E-state index >= 15 is 0 Å². The van der Waals surface area contributed by atoms with Crippen LogP contribution in [0.15, 0.2) is 29.9 Å². The summed E-state index contributed by atoms with van der Waals surface area (Å²) in [4.78, 5) is 5.84. The van der Waals surface area contributed by atoms with Gasteiger partial charge in [0.15, 0.2) is 0 Å². The smallest absolute Gasteiger partial charge is 0.110 e. The number of hydrogen-bond acceptors (Lipinski definition) is 4. The molecule has 0 saturated carbocycles. The largest absolute Gasteiger partial charge is 0.338 e. The van der Waals surface area contributed by atoms with Crippen molar-refractivity contribution in [3.63, 3.8) is 0 Å². The van der Waals surface area contributed by atoms with Crippen molar-refractivity contribution in [2.24, 2.45) is 7.05 Å². The molecule has 3 rings (SSSR count). The number of nitrogens with one attached hydrogen (secondary N) is 1. The van der Waals surface area contributed by atoms with E-state index in [1.807, 2.05) is 35.1 Å². The van der Waals surface area contributed by atoms with Gasteiger partial charge in [0.05, 0.1) is 0 Å². The molecule has 3 heterocycles. The van der Waals surface area contributed by atoms with E-state index in [0.717, 1.165) is 18.8 Å². The third kappa shape index (κ3) is 2.59. The van der Waals surface area contributed by atoms with Gasteiger partial charge in [-0.3, -0.25) is 0 Å². The van der Waals surface area contributed by atoms with Gasteiger partial charge in [0.2, 0.25) is 0 Å². The molecule has 3 nitrogen and oxygen atoms in total. The lowest BCUT2D eigenvalue weighted by Crippen LogP contribution is -2.23. The Bertz CT molecular complexity index is 636. The van der Waals surface area contributed by atoms with E-state index in [2.05, 4.69) is 46.4 Å². The highest BCUT2D eigenvalue weighted by atomic mass is 32.1. The molecule has 0 amide bonds. The Hall–Kier alpha value is -1.17. The van der Waals surface area contributed by atoms with Gasteiger partial charge in [-0.25, -0.2) is 4.98 Å². The van der Waals surface area contributed by atoms with Gasteiger partial charge in [-0.1, -0.05) is 6.92 Å². The van der Waals surface area contributed by atoms with Gasteiger partial charge in [-0.15, -0.1) is 22.7 Å². The van der Waals surface area contributed by atoms with Crippen molar-refractivity contribution in [1.82, 2.24) is 14.9 Å². The first-order valence-electron chi connectivity index (χ1n) is 6.44. The molecule has 0 aliphatic heterocycles. The molecule has 0 aliphatic carbocycles. The minimum atomic E-state index is 0.357. The molecular formula is C14H17N3S2. The molecule has 0 fully saturated rings. The van der Waals surface area contributed by atoms with Crippen molar-refractivity contribution in [1.29, 1.82) is 0 Å². The Balaban J connectivity index is 1.88. The topological polar surface area (TPSA) is 29.9 Å². The molecule has 0 aliphatic rings. The molecule has 3 aromatic heterocycles. The van der Waals surface area contributed by atoms with Crippen molar-refractivity contribution >= 4 is 32.1 Å². The molecule has 0 spiro atoms. The first kappa shape index (κ1) is 12.8. The standard InChI is InChI=1S/C14H17N3S2/c1-3-15-10(8-14-16-5-6-17(14)2)12-9-13-11(19-12)4-7-18-13/h4-7,9-10,15H,3,8H2,1-2H3. The van der Waals surface area contributed by atoms with E-state index in [1.54, 1.807) is 0 Å². The molecule has 1 atom stereocenters. The Morgan fingerprint density at radius 1 is 1.42 bits per heavy atom. The summed E-state index contributed by atoms with van der Waals surface area (Å²) in [5, 5.41) is 5.74. The fraction of sp³-hybridized carbons (Fsp3) is 0.357. The third-order valence-corrected chi connectivity index (χ3v) is 5.47. The third-order valence-electron chi connectivity index (χ3n) is 3.26. The van der Waals surface area contributed by atoms with E-state index in [0.29, 0.717) is 6.04 Å². The number of aryl methyl sites for hydroxylation is 1. The van der Waals surface area contributed by atoms with Crippen LogP contribution >= 0.6 is 22.7 Å². The molecule has 0 radical (unpaired) electrons. The van der Waals surface area contributed by atoms with Crippen LogP contribution in [0.25, 0.3) is 9.40 Å². The highest BCUT2D eigenvalue weighted by molar-refractivity contribution is 7.26. The van der Waals surface area contributed by atoms with Crippen LogP contribution in [-0.4, -0.2) is 16.1 Å². The van der Waals surface area contributed by atoms with Gasteiger partial charge < -0.3 is 9.88 Å². The van der Waals surface area contributed by atoms with Gasteiger partial charge >= 0.3 is 0 Å². The molecule has 3 aromatic rings. The molecule has 1 N–H and O–H groups in total. The summed E-state index contributed by atoms with van der Waals surface area (Å²) in [6.07, 6.45) is 4.81. The van der Waals surface area contributed by atoms with Crippen LogP contribution in [0.1, 0.15) is 23.7 Å². The molecule has 0 aromatic carbocycles. The van der Waals surface area contributed by atoms with E-state index in [4.69, 9.17) is 0 Å². The van der Waals surface area contributed by atoms with Crippen molar-refractivity contribution in [2.75, 3.05) is 6.54 Å². The predicted molar refractivity (Wildman–Crippen MR) is 83.0 cm³/mol. The number of aromatic nitrogens is 2. The molecule has 1 unspecified atom stereocenters. The highest BCUT2D eigenvalue weighted by Gasteiger charge is 2.16. The fourth-order valence-corrected chi connectivity index (χ4v) is 4.45. The lowest BCUT2D eigenvalue weighted by Gasteiger charge is -2.16. The second kappa shape index (κ2) is 5.45. The number of hydrogen-bond donors (Lipinski definition) is 1. The summed E-state index contributed by atoms with van der Waals surface area (Å²) >= 11 is 3.71. The summed E-state index contributed by atoms with van der Waals surface area (Å²) in [7, 11) is 2.05. The molecule has 0 saturated heterocycles. The average molecular weight is 291 g/mol. The van der Waals surface area contributed by atoms with Crippen LogP contribution in [0.3, 0.4) is 0 Å². The zero-order valence-electron chi connectivity index (χ0n) is 11.1. The van der Waals surface area contributed by atoms with Crippen molar-refractivity contribution in [2.45, 2.75) is 19.4 Å². The Labute approximate surface area is 120 Å². The molecule has 5 heteroatoms. The van der Waals surface area contributed by atoms with Crippen LogP contribution in [-0.2, 0) is 13.5 Å². The zero-order chi connectivity index (χ0) is 13.2. The van der Waals surface area contributed by atoms with Gasteiger partial charge in [0.25, 0.3) is 0 Å². The summed E-state index contributed by atoms with van der Waals surface area (Å²) in [6.45, 7) is 3.13. The monoisotopic (exact) mass is 291 g/mol. The maximum absolute atomic E-state index is 4.44. The van der Waals surface area contributed by atoms with Gasteiger partial charge in [-0.05, 0) is 24.1 Å². The van der Waals surface area contributed by atoms with Crippen molar-refractivity contribution < 1.29 is 0 Å². The lowest BCUT2D eigenvalue weighted by molar-refractivity contribution is 0.537. The van der Waals surface area contributed by atoms with E-state index in [1.165, 1.54) is 14.3 Å². The summed E-state index contributed by atoms with van der Waals surface area (Å²) in [5.74, 6) is 1.13. The average Bonchev–Trinajstić information content (AvgIpc) is 3.04. The zero-order valence-corrected chi connectivity index (χ0v) is 12.7. The SMILES string of the molecule is CCNC(Cc1nccn1C)c1cc2sccc2s1. The van der Waals surface area contributed by atoms with Gasteiger partial charge in [-0.2, -0.15) is 0 Å². The van der Waals surface area contributed by atoms with E-state index in [-0.39, 0.29) is 0 Å². The Morgan fingerprint density at radius 3 is 3.00 bits per heavy atom. The number of fused-ring (bicyclic) bond motifs is 1. The molecule has 100 valence electrons. The van der Waals surface area contributed by atoms with E-state index < -0.39 is 0 Å². The molecule has 0 bridgehead atoms. The van der Waals surface area contributed by atoms with Crippen LogP contribution in [0, 0.1) is 0 Å². The molecule has 19 heavy (non-hydrogen) atoms. The van der Waals surface area contributed by atoms with Crippen LogP contribution in [0.4, 0.5) is 0 Å². The minimum absolute atomic E-state index is 0.357. The van der Waals surface area contributed by atoms with Gasteiger partial charge in [0, 0.05) is 46.2 Å². The Kier molecular flexibility index (Phi) is 3.68. The second-order valence-corrected chi connectivity index (χ2v) is 6.63. The summed E-state index contributed by atoms with van der Waals surface area (Å²) in [5.41, 5.74) is 0. The number of thiophene rings is 2. The number of likely N-dealkylation sites (N-methyl/N-ethyl adjacent to an activating group) is 1. The minimum Gasteiger partial charge on any atom is -0.338 e. The highest BCUT2D eigenvalue weighted by Crippen LogP contribution is 2.34. The summed E-state index contributed by atoms with van der Waals surface area (Å²) < 4.78 is 4.88. The van der Waals surface area contributed by atoms with Crippen LogP contribution < -0.4 is 5.32 Å². The summed E-state index contributed by atoms with van der Waals surface area (Å²) in [6, 6.07) is 4.88. The fourth-order valence-electron chi connectivity index (χ4n) is 2.25.